The minimum atomic E-state index is -4.23. The highest BCUT2D eigenvalue weighted by molar-refractivity contribution is 7.92. The normalized spacial score (nSPS) is 12.5. The number of carbonyl (C=O) groups is 1. The average molecular weight is 488 g/mol. The van der Waals surface area contributed by atoms with E-state index in [0.29, 0.717) is 0 Å². The van der Waals surface area contributed by atoms with Crippen molar-refractivity contribution in [2.45, 2.75) is 36.2 Å². The van der Waals surface area contributed by atoms with Gasteiger partial charge >= 0.3 is 6.09 Å². The van der Waals surface area contributed by atoms with Crippen LogP contribution in [0.15, 0.2) is 52.3 Å². The average Bonchev–Trinajstić information content (AvgIpc) is 2.66. The monoisotopic (exact) mass is 487 g/mol. The van der Waals surface area contributed by atoms with Crippen LogP contribution in [0.3, 0.4) is 0 Å². The van der Waals surface area contributed by atoms with Crippen LogP contribution in [0, 0.1) is 5.82 Å². The molecule has 0 saturated heterocycles. The standard InChI is InChI=1S/C20H26FN3O6S2/c1-20(2,3)30-19(25)24(6)18-16(21)8-7-9-17(18)22-31(26,27)14-10-12-15(13-11-14)32(28,29)23(4)5/h7-13,22H,1-6H3. The van der Waals surface area contributed by atoms with Crippen molar-refractivity contribution in [1.29, 1.82) is 0 Å². The molecule has 0 heterocycles. The fourth-order valence-corrected chi connectivity index (χ4v) is 4.53. The second-order valence-corrected chi connectivity index (χ2v) is 11.9. The molecule has 0 bridgehead atoms. The molecule has 0 aromatic heterocycles. The summed E-state index contributed by atoms with van der Waals surface area (Å²) >= 11 is 0. The van der Waals surface area contributed by atoms with E-state index in [1.807, 2.05) is 0 Å². The van der Waals surface area contributed by atoms with E-state index in [4.69, 9.17) is 4.74 Å². The molecule has 0 saturated carbocycles. The second-order valence-electron chi connectivity index (χ2n) is 8.04. The topological polar surface area (TPSA) is 113 Å². The minimum Gasteiger partial charge on any atom is -0.443 e. The summed E-state index contributed by atoms with van der Waals surface area (Å²) in [7, 11) is -4.00. The summed E-state index contributed by atoms with van der Waals surface area (Å²) in [5, 5.41) is 0. The summed E-state index contributed by atoms with van der Waals surface area (Å²) in [5.41, 5.74) is -1.36. The lowest BCUT2D eigenvalue weighted by molar-refractivity contribution is 0.0588. The van der Waals surface area contributed by atoms with Gasteiger partial charge in [0.2, 0.25) is 10.0 Å². The number of ether oxygens (including phenoxy) is 1. The molecule has 0 atom stereocenters. The molecule has 9 nitrogen and oxygen atoms in total. The van der Waals surface area contributed by atoms with Gasteiger partial charge in [-0.1, -0.05) is 6.07 Å². The maximum Gasteiger partial charge on any atom is 0.414 e. The largest absolute Gasteiger partial charge is 0.443 e. The molecule has 0 unspecified atom stereocenters. The van der Waals surface area contributed by atoms with Gasteiger partial charge in [0.15, 0.2) is 0 Å². The van der Waals surface area contributed by atoms with E-state index >= 15 is 0 Å². The fraction of sp³-hybridized carbons (Fsp3) is 0.350. The Balaban J connectivity index is 2.40. The van der Waals surface area contributed by atoms with Crippen LogP contribution >= 0.6 is 0 Å². The molecule has 2 aromatic carbocycles. The van der Waals surface area contributed by atoms with Crippen LogP contribution in [-0.2, 0) is 24.8 Å². The Kier molecular flexibility index (Phi) is 7.22. The Morgan fingerprint density at radius 3 is 1.97 bits per heavy atom. The summed E-state index contributed by atoms with van der Waals surface area (Å²) < 4.78 is 73.1. The number of nitrogens with one attached hydrogen (secondary N) is 1. The molecule has 32 heavy (non-hydrogen) atoms. The van der Waals surface area contributed by atoms with Crippen LogP contribution in [0.4, 0.5) is 20.6 Å². The number of para-hydroxylation sites is 1. The number of nitrogens with zero attached hydrogens (tertiary/aromatic N) is 2. The van der Waals surface area contributed by atoms with Gasteiger partial charge in [-0.2, -0.15) is 0 Å². The van der Waals surface area contributed by atoms with Crippen LogP contribution in [0.2, 0.25) is 0 Å². The van der Waals surface area contributed by atoms with Gasteiger partial charge < -0.3 is 4.74 Å². The predicted octanol–water partition coefficient (Wildman–Crippen LogP) is 3.25. The lowest BCUT2D eigenvalue weighted by Crippen LogP contribution is -2.35. The fourth-order valence-electron chi connectivity index (χ4n) is 2.57. The zero-order valence-electron chi connectivity index (χ0n) is 18.6. The van der Waals surface area contributed by atoms with Crippen LogP contribution in [0.25, 0.3) is 0 Å². The van der Waals surface area contributed by atoms with Crippen molar-refractivity contribution in [3.63, 3.8) is 0 Å². The number of anilines is 2. The highest BCUT2D eigenvalue weighted by Gasteiger charge is 2.27. The van der Waals surface area contributed by atoms with Crippen molar-refractivity contribution in [3.8, 4) is 0 Å². The van der Waals surface area contributed by atoms with Crippen molar-refractivity contribution in [2.75, 3.05) is 30.8 Å². The number of benzene rings is 2. The van der Waals surface area contributed by atoms with E-state index in [-0.39, 0.29) is 21.2 Å². The zero-order valence-corrected chi connectivity index (χ0v) is 20.2. The third-order valence-electron chi connectivity index (χ3n) is 4.15. The molecule has 2 aromatic rings. The Morgan fingerprint density at radius 1 is 0.938 bits per heavy atom. The molecule has 0 aliphatic carbocycles. The van der Waals surface area contributed by atoms with Crippen LogP contribution in [0.5, 0.6) is 0 Å². The maximum atomic E-state index is 14.6. The third kappa shape index (κ3) is 5.75. The third-order valence-corrected chi connectivity index (χ3v) is 7.36. The molecule has 176 valence electrons. The van der Waals surface area contributed by atoms with E-state index in [1.165, 1.54) is 33.3 Å². The van der Waals surface area contributed by atoms with Crippen molar-refractivity contribution in [1.82, 2.24) is 4.31 Å². The predicted molar refractivity (Wildman–Crippen MR) is 119 cm³/mol. The number of halogens is 1. The first kappa shape index (κ1) is 25.6. The van der Waals surface area contributed by atoms with Crippen LogP contribution < -0.4 is 9.62 Å². The quantitative estimate of drug-likeness (QED) is 0.669. The van der Waals surface area contributed by atoms with Gasteiger partial charge in [0.25, 0.3) is 10.0 Å². The lowest BCUT2D eigenvalue weighted by Gasteiger charge is -2.26. The molecule has 1 amide bonds. The number of rotatable bonds is 6. The molecule has 0 fully saturated rings. The molecule has 0 spiro atoms. The zero-order chi connectivity index (χ0) is 24.5. The molecule has 0 aliphatic rings. The van der Waals surface area contributed by atoms with E-state index in [0.717, 1.165) is 39.5 Å². The van der Waals surface area contributed by atoms with Crippen molar-refractivity contribution in [2.24, 2.45) is 0 Å². The summed E-state index contributed by atoms with van der Waals surface area (Å²) in [6.45, 7) is 4.93. The first-order chi connectivity index (χ1) is 14.6. The molecular formula is C20H26FN3O6S2. The molecule has 1 N–H and O–H groups in total. The Labute approximate surface area is 187 Å². The maximum absolute atomic E-state index is 14.6. The van der Waals surface area contributed by atoms with Gasteiger partial charge in [-0.25, -0.2) is 30.3 Å². The Morgan fingerprint density at radius 2 is 1.47 bits per heavy atom. The van der Waals surface area contributed by atoms with E-state index in [1.54, 1.807) is 20.8 Å². The number of sulfonamides is 2. The van der Waals surface area contributed by atoms with Crippen LogP contribution in [0.1, 0.15) is 20.8 Å². The molecule has 0 radical (unpaired) electrons. The van der Waals surface area contributed by atoms with Crippen molar-refractivity contribution >= 4 is 37.5 Å². The van der Waals surface area contributed by atoms with E-state index in [9.17, 15) is 26.0 Å². The van der Waals surface area contributed by atoms with Gasteiger partial charge in [-0.3, -0.25) is 9.62 Å². The van der Waals surface area contributed by atoms with Crippen LogP contribution in [-0.4, -0.2) is 54.0 Å². The first-order valence-electron chi connectivity index (χ1n) is 9.37. The molecular weight excluding hydrogens is 461 g/mol. The highest BCUT2D eigenvalue weighted by Crippen LogP contribution is 2.31. The second kappa shape index (κ2) is 9.04. The van der Waals surface area contributed by atoms with Gasteiger partial charge in [0.1, 0.15) is 17.1 Å². The summed E-state index contributed by atoms with van der Waals surface area (Å²) in [5.74, 6) is -0.842. The number of carbonyl (C=O) groups excluding carboxylic acids is 1. The number of hydrogen-bond donors (Lipinski definition) is 1. The summed E-state index contributed by atoms with van der Waals surface area (Å²) in [4.78, 5) is 12.9. The van der Waals surface area contributed by atoms with Crippen molar-refractivity contribution in [3.05, 3.63) is 48.3 Å². The van der Waals surface area contributed by atoms with Gasteiger partial charge in [0.05, 0.1) is 15.5 Å². The molecule has 0 aliphatic heterocycles. The Hall–Kier alpha value is -2.70. The number of amides is 1. The molecule has 2 rings (SSSR count). The Bertz CT molecular complexity index is 1200. The summed E-state index contributed by atoms with van der Waals surface area (Å²) in [6.07, 6.45) is -0.874. The van der Waals surface area contributed by atoms with Gasteiger partial charge in [-0.15, -0.1) is 0 Å². The van der Waals surface area contributed by atoms with Gasteiger partial charge in [-0.05, 0) is 57.2 Å². The first-order valence-corrected chi connectivity index (χ1v) is 12.3. The van der Waals surface area contributed by atoms with Gasteiger partial charge in [0, 0.05) is 21.1 Å². The van der Waals surface area contributed by atoms with E-state index in [2.05, 4.69) is 4.72 Å². The molecule has 12 heteroatoms. The lowest BCUT2D eigenvalue weighted by atomic mass is 10.2. The van der Waals surface area contributed by atoms with Crippen molar-refractivity contribution < 1.29 is 30.8 Å². The summed E-state index contributed by atoms with van der Waals surface area (Å²) in [6, 6.07) is 8.21. The minimum absolute atomic E-state index is 0.0856. The SMILES string of the molecule is CN(C(=O)OC(C)(C)C)c1c(F)cccc1NS(=O)(=O)c1ccc(S(=O)(=O)N(C)C)cc1. The smallest absolute Gasteiger partial charge is 0.414 e. The van der Waals surface area contributed by atoms with E-state index < -0.39 is 37.6 Å². The highest BCUT2D eigenvalue weighted by atomic mass is 32.2. The number of hydrogen-bond acceptors (Lipinski definition) is 6.